The second kappa shape index (κ2) is 7.80. The zero-order valence-corrected chi connectivity index (χ0v) is 16.3. The minimum Gasteiger partial charge on any atom is -0.484 e. The van der Waals surface area contributed by atoms with Crippen LogP contribution in [0.1, 0.15) is 22.3 Å². The molecule has 0 saturated carbocycles. The van der Waals surface area contributed by atoms with E-state index in [1.54, 1.807) is 12.1 Å². The molecule has 0 unspecified atom stereocenters. The van der Waals surface area contributed by atoms with E-state index in [0.717, 1.165) is 22.3 Å². The summed E-state index contributed by atoms with van der Waals surface area (Å²) in [5.74, 6) is 0.480. The van der Waals surface area contributed by atoms with Crippen molar-refractivity contribution in [1.82, 2.24) is 10.3 Å². The van der Waals surface area contributed by atoms with Gasteiger partial charge in [-0.1, -0.05) is 23.7 Å². The van der Waals surface area contributed by atoms with Crippen molar-refractivity contribution in [2.45, 2.75) is 27.7 Å². The molecule has 1 N–H and O–H groups in total. The number of anilines is 1. The van der Waals surface area contributed by atoms with Gasteiger partial charge in [-0.15, -0.1) is 0 Å². The first-order valence-electron chi connectivity index (χ1n) is 8.44. The van der Waals surface area contributed by atoms with Gasteiger partial charge in [0.05, 0.1) is 0 Å². The molecule has 0 bridgehead atoms. The molecule has 1 aromatic heterocycles. The molecule has 1 heterocycles. The lowest BCUT2D eigenvalue weighted by Crippen LogP contribution is -2.20. The summed E-state index contributed by atoms with van der Waals surface area (Å²) in [6, 6.07) is 9.45. The van der Waals surface area contributed by atoms with Gasteiger partial charge < -0.3 is 10.1 Å². The highest BCUT2D eigenvalue weighted by molar-refractivity contribution is 6.32. The van der Waals surface area contributed by atoms with Crippen LogP contribution in [0.4, 0.5) is 5.82 Å². The number of benzene rings is 2. The summed E-state index contributed by atoms with van der Waals surface area (Å²) in [7, 11) is 0. The van der Waals surface area contributed by atoms with E-state index in [2.05, 4.69) is 15.6 Å². The highest BCUT2D eigenvalue weighted by Crippen LogP contribution is 2.27. The Morgan fingerprint density at radius 3 is 2.41 bits per heavy atom. The third-order valence-electron chi connectivity index (χ3n) is 4.31. The van der Waals surface area contributed by atoms with Crippen LogP contribution in [-0.4, -0.2) is 22.8 Å². The molecular weight excluding hydrogens is 366 g/mol. The fourth-order valence-electron chi connectivity index (χ4n) is 2.66. The summed E-state index contributed by atoms with van der Waals surface area (Å²) < 4.78 is 10.4. The van der Waals surface area contributed by atoms with Crippen LogP contribution in [0.25, 0.3) is 11.3 Å². The van der Waals surface area contributed by atoms with Crippen LogP contribution in [0.2, 0.25) is 5.02 Å². The maximum Gasteiger partial charge on any atom is 0.263 e. The van der Waals surface area contributed by atoms with Crippen molar-refractivity contribution in [3.63, 3.8) is 0 Å². The number of ether oxygens (including phenoxy) is 1. The highest BCUT2D eigenvalue weighted by atomic mass is 35.5. The van der Waals surface area contributed by atoms with Gasteiger partial charge in [-0.25, -0.2) is 4.63 Å². The Bertz CT molecular complexity index is 975. The van der Waals surface area contributed by atoms with Gasteiger partial charge in [0.25, 0.3) is 5.91 Å². The topological polar surface area (TPSA) is 77.3 Å². The van der Waals surface area contributed by atoms with E-state index in [1.165, 1.54) is 5.56 Å². The normalized spacial score (nSPS) is 10.7. The Hall–Kier alpha value is -2.86. The molecule has 7 heteroatoms. The lowest BCUT2D eigenvalue weighted by atomic mass is 10.0. The summed E-state index contributed by atoms with van der Waals surface area (Å²) in [5, 5.41) is 11.1. The maximum absolute atomic E-state index is 12.3. The van der Waals surface area contributed by atoms with Crippen molar-refractivity contribution in [1.29, 1.82) is 0 Å². The number of rotatable bonds is 5. The van der Waals surface area contributed by atoms with E-state index < -0.39 is 0 Å². The molecule has 140 valence electrons. The van der Waals surface area contributed by atoms with Crippen LogP contribution >= 0.6 is 11.6 Å². The minimum absolute atomic E-state index is 0.167. The summed E-state index contributed by atoms with van der Waals surface area (Å²) in [4.78, 5) is 12.3. The van der Waals surface area contributed by atoms with E-state index in [1.807, 2.05) is 45.9 Å². The van der Waals surface area contributed by atoms with Crippen molar-refractivity contribution < 1.29 is 14.2 Å². The number of aryl methyl sites for hydroxylation is 4. The molecule has 6 nitrogen and oxygen atoms in total. The molecule has 0 fully saturated rings. The summed E-state index contributed by atoms with van der Waals surface area (Å²) in [6.07, 6.45) is 0. The quantitative estimate of drug-likeness (QED) is 0.692. The molecule has 27 heavy (non-hydrogen) atoms. The van der Waals surface area contributed by atoms with Crippen molar-refractivity contribution in [3.05, 3.63) is 57.6 Å². The van der Waals surface area contributed by atoms with E-state index >= 15 is 0 Å². The van der Waals surface area contributed by atoms with Crippen LogP contribution in [0.3, 0.4) is 0 Å². The first-order valence-corrected chi connectivity index (χ1v) is 8.82. The van der Waals surface area contributed by atoms with Gasteiger partial charge in [0, 0.05) is 10.6 Å². The first-order chi connectivity index (χ1) is 12.8. The van der Waals surface area contributed by atoms with Crippen LogP contribution in [0, 0.1) is 27.7 Å². The molecular formula is C20H20ClN3O3. The number of carbonyl (C=O) groups is 1. The predicted molar refractivity (Wildman–Crippen MR) is 104 cm³/mol. The average Bonchev–Trinajstić information content (AvgIpc) is 3.08. The molecule has 3 aromatic rings. The molecule has 0 aliphatic carbocycles. The number of hydrogen-bond acceptors (Lipinski definition) is 5. The van der Waals surface area contributed by atoms with Crippen molar-refractivity contribution in [2.75, 3.05) is 11.9 Å². The van der Waals surface area contributed by atoms with E-state index in [0.29, 0.717) is 16.5 Å². The Balaban J connectivity index is 1.69. The summed E-state index contributed by atoms with van der Waals surface area (Å²) >= 11 is 6.14. The van der Waals surface area contributed by atoms with Crippen LogP contribution < -0.4 is 10.1 Å². The molecule has 0 atom stereocenters. The SMILES string of the molecule is Cc1ccc(-c2nonc2NC(=O)COc2cc(C)c(Cl)c(C)c2)cc1C. The number of hydrogen-bond donors (Lipinski definition) is 1. The molecule has 3 rings (SSSR count). The van der Waals surface area contributed by atoms with Gasteiger partial charge in [0.2, 0.25) is 5.82 Å². The van der Waals surface area contributed by atoms with Gasteiger partial charge in [-0.3, -0.25) is 4.79 Å². The summed E-state index contributed by atoms with van der Waals surface area (Å²) in [6.45, 7) is 7.65. The fourth-order valence-corrected chi connectivity index (χ4v) is 2.76. The molecule has 2 aromatic carbocycles. The number of carbonyl (C=O) groups excluding carboxylic acids is 1. The van der Waals surface area contributed by atoms with Crippen LogP contribution in [0.15, 0.2) is 35.0 Å². The largest absolute Gasteiger partial charge is 0.484 e. The van der Waals surface area contributed by atoms with Crippen molar-refractivity contribution in [3.8, 4) is 17.0 Å². The average molecular weight is 386 g/mol. The van der Waals surface area contributed by atoms with E-state index in [-0.39, 0.29) is 18.3 Å². The van der Waals surface area contributed by atoms with Gasteiger partial charge in [0.15, 0.2) is 12.3 Å². The molecule has 0 radical (unpaired) electrons. The van der Waals surface area contributed by atoms with Crippen LogP contribution in [0.5, 0.6) is 5.75 Å². The lowest BCUT2D eigenvalue weighted by molar-refractivity contribution is -0.118. The third kappa shape index (κ3) is 4.28. The minimum atomic E-state index is -0.360. The van der Waals surface area contributed by atoms with Gasteiger partial charge in [0.1, 0.15) is 5.75 Å². The second-order valence-corrected chi connectivity index (χ2v) is 6.85. The lowest BCUT2D eigenvalue weighted by Gasteiger charge is -2.10. The van der Waals surface area contributed by atoms with Gasteiger partial charge >= 0.3 is 0 Å². The predicted octanol–water partition coefficient (Wildman–Crippen LogP) is 4.64. The first kappa shape index (κ1) is 18.9. The smallest absolute Gasteiger partial charge is 0.263 e. The standard InChI is InChI=1S/C20H20ClN3O3/c1-11-5-6-15(7-12(11)2)19-20(24-27-23-19)22-17(25)10-26-16-8-13(3)18(21)14(4)9-16/h5-9H,10H2,1-4H3,(H,22,24,25). The monoisotopic (exact) mass is 385 g/mol. The number of amides is 1. The third-order valence-corrected chi connectivity index (χ3v) is 4.90. The van der Waals surface area contributed by atoms with Crippen molar-refractivity contribution in [2.24, 2.45) is 0 Å². The maximum atomic E-state index is 12.3. The van der Waals surface area contributed by atoms with E-state index in [4.69, 9.17) is 21.0 Å². The summed E-state index contributed by atoms with van der Waals surface area (Å²) in [5.41, 5.74) is 5.37. The Morgan fingerprint density at radius 1 is 1.04 bits per heavy atom. The Morgan fingerprint density at radius 2 is 1.74 bits per heavy atom. The molecule has 0 aliphatic rings. The molecule has 0 aliphatic heterocycles. The molecule has 0 saturated heterocycles. The number of nitrogens with zero attached hydrogens (tertiary/aromatic N) is 2. The Labute approximate surface area is 162 Å². The highest BCUT2D eigenvalue weighted by Gasteiger charge is 2.16. The second-order valence-electron chi connectivity index (χ2n) is 6.47. The Kier molecular flexibility index (Phi) is 5.46. The van der Waals surface area contributed by atoms with Crippen molar-refractivity contribution >= 4 is 23.3 Å². The zero-order chi connectivity index (χ0) is 19.6. The number of nitrogens with one attached hydrogen (secondary N) is 1. The fraction of sp³-hybridized carbons (Fsp3) is 0.250. The van der Waals surface area contributed by atoms with E-state index in [9.17, 15) is 4.79 Å². The molecule has 1 amide bonds. The number of halogens is 1. The zero-order valence-electron chi connectivity index (χ0n) is 15.6. The number of aromatic nitrogens is 2. The van der Waals surface area contributed by atoms with Gasteiger partial charge in [-0.2, -0.15) is 0 Å². The molecule has 0 spiro atoms. The van der Waals surface area contributed by atoms with Crippen LogP contribution in [-0.2, 0) is 4.79 Å². The van der Waals surface area contributed by atoms with Gasteiger partial charge in [-0.05, 0) is 78.5 Å².